The van der Waals surface area contributed by atoms with Crippen molar-refractivity contribution in [1.29, 1.82) is 0 Å². The highest BCUT2D eigenvalue weighted by Crippen LogP contribution is 2.10. The summed E-state index contributed by atoms with van der Waals surface area (Å²) in [5.74, 6) is -0.821. The number of carboxylic acid groups (broad SMARTS) is 1. The predicted octanol–water partition coefficient (Wildman–Crippen LogP) is 2.60. The summed E-state index contributed by atoms with van der Waals surface area (Å²) in [6, 6.07) is 0. The van der Waals surface area contributed by atoms with Gasteiger partial charge in [-0.25, -0.2) is 4.79 Å². The molecule has 0 saturated carbocycles. The van der Waals surface area contributed by atoms with Crippen LogP contribution in [0.15, 0.2) is 11.6 Å². The number of rotatable bonds is 5. The molecule has 2 heteroatoms. The van der Waals surface area contributed by atoms with E-state index >= 15 is 0 Å². The Balaban J connectivity index is 3.84. The van der Waals surface area contributed by atoms with E-state index in [2.05, 4.69) is 6.92 Å². The van der Waals surface area contributed by atoms with Gasteiger partial charge in [-0.3, -0.25) is 0 Å². The minimum Gasteiger partial charge on any atom is -0.478 e. The summed E-state index contributed by atoms with van der Waals surface area (Å²) < 4.78 is 0. The standard InChI is InChI=1S/C9H16O2/c1-3-5-6-8(4-2)7-9(10)11/h7H,3-6H2,1-2H3,(H,10,11)/b8-7+. The van der Waals surface area contributed by atoms with Crippen molar-refractivity contribution in [2.24, 2.45) is 0 Å². The van der Waals surface area contributed by atoms with Crippen LogP contribution in [0.5, 0.6) is 0 Å². The first-order valence-corrected chi connectivity index (χ1v) is 4.13. The Hall–Kier alpha value is -0.790. The second-order valence-electron chi connectivity index (χ2n) is 2.60. The summed E-state index contributed by atoms with van der Waals surface area (Å²) >= 11 is 0. The number of carboxylic acids is 1. The Morgan fingerprint density at radius 2 is 2.09 bits per heavy atom. The van der Waals surface area contributed by atoms with Crippen LogP contribution in [0.3, 0.4) is 0 Å². The molecule has 0 atom stereocenters. The molecular formula is C9H16O2. The fourth-order valence-electron chi connectivity index (χ4n) is 0.929. The maximum atomic E-state index is 10.3. The SMILES string of the molecule is CCCC/C(=C/C(=O)O)CC. The Bertz CT molecular complexity index is 148. The highest BCUT2D eigenvalue weighted by Gasteiger charge is 1.96. The average molecular weight is 156 g/mol. The molecule has 0 aromatic carbocycles. The summed E-state index contributed by atoms with van der Waals surface area (Å²) in [4.78, 5) is 10.3. The average Bonchev–Trinajstić information content (AvgIpc) is 1.97. The first-order chi connectivity index (χ1) is 5.20. The van der Waals surface area contributed by atoms with Gasteiger partial charge in [-0.05, 0) is 19.3 Å². The molecule has 0 aliphatic heterocycles. The van der Waals surface area contributed by atoms with Gasteiger partial charge >= 0.3 is 5.97 Å². The quantitative estimate of drug-likeness (QED) is 0.621. The Kier molecular flexibility index (Phi) is 5.53. The number of aliphatic carboxylic acids is 1. The third-order valence-corrected chi connectivity index (χ3v) is 1.63. The lowest BCUT2D eigenvalue weighted by atomic mass is 10.1. The summed E-state index contributed by atoms with van der Waals surface area (Å²) in [5, 5.41) is 8.44. The van der Waals surface area contributed by atoms with E-state index in [9.17, 15) is 4.79 Å². The molecule has 0 radical (unpaired) electrons. The first-order valence-electron chi connectivity index (χ1n) is 4.13. The van der Waals surface area contributed by atoms with E-state index in [1.165, 1.54) is 6.08 Å². The van der Waals surface area contributed by atoms with Crippen molar-refractivity contribution in [1.82, 2.24) is 0 Å². The molecule has 0 unspecified atom stereocenters. The van der Waals surface area contributed by atoms with E-state index in [-0.39, 0.29) is 0 Å². The number of allylic oxidation sites excluding steroid dienone is 1. The smallest absolute Gasteiger partial charge is 0.328 e. The lowest BCUT2D eigenvalue weighted by molar-refractivity contribution is -0.131. The van der Waals surface area contributed by atoms with Gasteiger partial charge in [0.05, 0.1) is 0 Å². The van der Waals surface area contributed by atoms with Crippen molar-refractivity contribution in [2.45, 2.75) is 39.5 Å². The Labute approximate surface area is 67.9 Å². The molecule has 64 valence electrons. The van der Waals surface area contributed by atoms with Crippen LogP contribution in [0.4, 0.5) is 0 Å². The Morgan fingerprint density at radius 3 is 2.45 bits per heavy atom. The van der Waals surface area contributed by atoms with Crippen LogP contribution >= 0.6 is 0 Å². The zero-order valence-electron chi connectivity index (χ0n) is 7.26. The van der Waals surface area contributed by atoms with Gasteiger partial charge in [-0.1, -0.05) is 25.8 Å². The van der Waals surface area contributed by atoms with Crippen LogP contribution in [-0.2, 0) is 4.79 Å². The molecule has 11 heavy (non-hydrogen) atoms. The normalized spacial score (nSPS) is 11.6. The van der Waals surface area contributed by atoms with E-state index in [1.54, 1.807) is 0 Å². The summed E-state index contributed by atoms with van der Waals surface area (Å²) in [6.45, 7) is 4.10. The predicted molar refractivity (Wildman–Crippen MR) is 45.5 cm³/mol. The molecule has 0 aromatic heterocycles. The number of hydrogen-bond donors (Lipinski definition) is 1. The zero-order chi connectivity index (χ0) is 8.69. The molecule has 0 saturated heterocycles. The van der Waals surface area contributed by atoms with Crippen molar-refractivity contribution < 1.29 is 9.90 Å². The maximum absolute atomic E-state index is 10.3. The minimum atomic E-state index is -0.821. The van der Waals surface area contributed by atoms with E-state index < -0.39 is 5.97 Å². The first kappa shape index (κ1) is 10.2. The number of hydrogen-bond acceptors (Lipinski definition) is 1. The molecule has 0 aliphatic carbocycles. The number of carbonyl (C=O) groups is 1. The van der Waals surface area contributed by atoms with Crippen LogP contribution in [0, 0.1) is 0 Å². The van der Waals surface area contributed by atoms with Gasteiger partial charge < -0.3 is 5.11 Å². The third kappa shape index (κ3) is 5.64. The molecule has 0 fully saturated rings. The van der Waals surface area contributed by atoms with Crippen molar-refractivity contribution in [2.75, 3.05) is 0 Å². The summed E-state index contributed by atoms with van der Waals surface area (Å²) in [7, 11) is 0. The fourth-order valence-corrected chi connectivity index (χ4v) is 0.929. The van der Waals surface area contributed by atoms with Crippen LogP contribution in [0.25, 0.3) is 0 Å². The highest BCUT2D eigenvalue weighted by molar-refractivity contribution is 5.80. The topological polar surface area (TPSA) is 37.3 Å². The zero-order valence-corrected chi connectivity index (χ0v) is 7.26. The van der Waals surface area contributed by atoms with E-state index in [0.717, 1.165) is 31.3 Å². The van der Waals surface area contributed by atoms with E-state index in [1.807, 2.05) is 6.92 Å². The third-order valence-electron chi connectivity index (χ3n) is 1.63. The largest absolute Gasteiger partial charge is 0.478 e. The van der Waals surface area contributed by atoms with Crippen molar-refractivity contribution in [3.8, 4) is 0 Å². The van der Waals surface area contributed by atoms with E-state index in [0.29, 0.717) is 0 Å². The van der Waals surface area contributed by atoms with Crippen LogP contribution in [0.1, 0.15) is 39.5 Å². The lowest BCUT2D eigenvalue weighted by Gasteiger charge is -2.00. The maximum Gasteiger partial charge on any atom is 0.328 e. The molecule has 0 amide bonds. The number of unbranched alkanes of at least 4 members (excludes halogenated alkanes) is 1. The Morgan fingerprint density at radius 1 is 1.45 bits per heavy atom. The van der Waals surface area contributed by atoms with Gasteiger partial charge in [0.25, 0.3) is 0 Å². The molecule has 1 N–H and O–H groups in total. The van der Waals surface area contributed by atoms with Gasteiger partial charge in [0.15, 0.2) is 0 Å². The highest BCUT2D eigenvalue weighted by atomic mass is 16.4. The van der Waals surface area contributed by atoms with Gasteiger partial charge in [-0.15, -0.1) is 0 Å². The van der Waals surface area contributed by atoms with Crippen LogP contribution < -0.4 is 0 Å². The summed E-state index contributed by atoms with van der Waals surface area (Å²) in [6.07, 6.45) is 5.32. The van der Waals surface area contributed by atoms with E-state index in [4.69, 9.17) is 5.11 Å². The van der Waals surface area contributed by atoms with Gasteiger partial charge in [0, 0.05) is 6.08 Å². The second-order valence-corrected chi connectivity index (χ2v) is 2.60. The molecule has 2 nitrogen and oxygen atoms in total. The molecule has 0 spiro atoms. The molecule has 0 aliphatic rings. The molecule has 0 rings (SSSR count). The van der Waals surface area contributed by atoms with Crippen LogP contribution in [0.2, 0.25) is 0 Å². The van der Waals surface area contributed by atoms with Gasteiger partial charge in [0.2, 0.25) is 0 Å². The lowest BCUT2D eigenvalue weighted by Crippen LogP contribution is -1.91. The molecule has 0 heterocycles. The molecular weight excluding hydrogens is 140 g/mol. The summed E-state index contributed by atoms with van der Waals surface area (Å²) in [5.41, 5.74) is 1.04. The van der Waals surface area contributed by atoms with Gasteiger partial charge in [-0.2, -0.15) is 0 Å². The molecule has 0 aromatic rings. The van der Waals surface area contributed by atoms with Crippen molar-refractivity contribution in [3.05, 3.63) is 11.6 Å². The molecule has 0 bridgehead atoms. The second kappa shape index (κ2) is 5.96. The minimum absolute atomic E-state index is 0.821. The fraction of sp³-hybridized carbons (Fsp3) is 0.667. The van der Waals surface area contributed by atoms with Crippen molar-refractivity contribution in [3.63, 3.8) is 0 Å². The van der Waals surface area contributed by atoms with Crippen LogP contribution in [-0.4, -0.2) is 11.1 Å². The van der Waals surface area contributed by atoms with Gasteiger partial charge in [0.1, 0.15) is 0 Å². The van der Waals surface area contributed by atoms with Crippen molar-refractivity contribution >= 4 is 5.97 Å². The monoisotopic (exact) mass is 156 g/mol.